The van der Waals surface area contributed by atoms with Gasteiger partial charge in [-0.3, -0.25) is 9.59 Å². The Morgan fingerprint density at radius 3 is 2.33 bits per heavy atom. The lowest BCUT2D eigenvalue weighted by Crippen LogP contribution is -2.13. The third-order valence-corrected chi connectivity index (χ3v) is 7.38. The van der Waals surface area contributed by atoms with Crippen LogP contribution in [0.3, 0.4) is 0 Å². The van der Waals surface area contributed by atoms with Gasteiger partial charge in [0.1, 0.15) is 35.4 Å². The van der Waals surface area contributed by atoms with E-state index >= 15 is 0 Å². The smallest absolute Gasteiger partial charge is 0.179 e. The summed E-state index contributed by atoms with van der Waals surface area (Å²) in [5, 5.41) is 0. The Kier molecular flexibility index (Phi) is 6.45. The third kappa shape index (κ3) is 4.59. The quantitative estimate of drug-likeness (QED) is 0.233. The molecule has 2 unspecified atom stereocenters. The highest BCUT2D eigenvalue weighted by Gasteiger charge is 2.41. The molecule has 1 aromatic heterocycles. The van der Waals surface area contributed by atoms with Crippen LogP contribution >= 0.6 is 0 Å². The van der Waals surface area contributed by atoms with Gasteiger partial charge in [0.05, 0.1) is 12.6 Å². The number of nitrogens with zero attached hydrogens (tertiary/aromatic N) is 1. The van der Waals surface area contributed by atoms with Crippen molar-refractivity contribution in [2.24, 2.45) is 0 Å². The molecule has 4 aromatic carbocycles. The molecular weight excluding hydrogens is 488 g/mol. The van der Waals surface area contributed by atoms with Gasteiger partial charge >= 0.3 is 0 Å². The zero-order valence-electron chi connectivity index (χ0n) is 21.8. The van der Waals surface area contributed by atoms with E-state index in [1.807, 2.05) is 48.5 Å². The Morgan fingerprint density at radius 2 is 1.59 bits per heavy atom. The number of H-pyrrole nitrogens is 1. The van der Waals surface area contributed by atoms with Gasteiger partial charge in [0, 0.05) is 17.5 Å². The van der Waals surface area contributed by atoms with Crippen LogP contribution < -0.4 is 9.47 Å². The van der Waals surface area contributed by atoms with Crippen molar-refractivity contribution >= 4 is 22.6 Å². The number of carbonyl (C=O) groups is 2. The number of ketones is 2. The molecule has 5 aromatic rings. The number of fused-ring (bicyclic) bond motifs is 2. The molecule has 6 nitrogen and oxygen atoms in total. The zero-order valence-corrected chi connectivity index (χ0v) is 21.8. The molecule has 0 fully saturated rings. The summed E-state index contributed by atoms with van der Waals surface area (Å²) in [4.78, 5) is 35.4. The summed E-state index contributed by atoms with van der Waals surface area (Å²) in [6.45, 7) is 2.53. The predicted octanol–water partition coefficient (Wildman–Crippen LogP) is 6.66. The summed E-state index contributed by atoms with van der Waals surface area (Å²) < 4.78 is 11.5. The van der Waals surface area contributed by atoms with Crippen LogP contribution in [-0.2, 0) is 13.0 Å². The lowest BCUT2D eigenvalue weighted by molar-refractivity contribution is 0.0890. The molecule has 194 valence electrons. The molecule has 39 heavy (non-hydrogen) atoms. The summed E-state index contributed by atoms with van der Waals surface area (Å²) in [6, 6.07) is 28.8. The van der Waals surface area contributed by atoms with E-state index in [0.717, 1.165) is 11.4 Å². The molecule has 0 aliphatic heterocycles. The number of ether oxygens (including phenoxy) is 2. The Labute approximate surface area is 226 Å². The number of benzene rings is 4. The molecule has 0 saturated carbocycles. The van der Waals surface area contributed by atoms with Gasteiger partial charge in [0.25, 0.3) is 0 Å². The summed E-state index contributed by atoms with van der Waals surface area (Å²) >= 11 is 0. The van der Waals surface area contributed by atoms with Crippen molar-refractivity contribution < 1.29 is 19.1 Å². The molecule has 0 saturated heterocycles. The molecule has 1 aliphatic rings. The molecule has 0 spiro atoms. The number of aromatic nitrogens is 2. The van der Waals surface area contributed by atoms with Gasteiger partial charge in [-0.15, -0.1) is 0 Å². The van der Waals surface area contributed by atoms with Crippen molar-refractivity contribution in [3.63, 3.8) is 0 Å². The van der Waals surface area contributed by atoms with Crippen molar-refractivity contribution in [3.8, 4) is 11.5 Å². The largest absolute Gasteiger partial charge is 0.494 e. The number of aromatic amines is 1. The minimum Gasteiger partial charge on any atom is -0.494 e. The van der Waals surface area contributed by atoms with Crippen LogP contribution in [0.4, 0.5) is 0 Å². The number of rotatable bonds is 8. The molecule has 6 heteroatoms. The van der Waals surface area contributed by atoms with E-state index in [-0.39, 0.29) is 17.5 Å². The molecular formula is C33H28N2O4. The van der Waals surface area contributed by atoms with Gasteiger partial charge < -0.3 is 14.5 Å². The fraction of sp³-hybridized carbons (Fsp3) is 0.182. The van der Waals surface area contributed by atoms with E-state index in [2.05, 4.69) is 24.0 Å². The average molecular weight is 517 g/mol. The number of nitrogens with one attached hydrogen (secondary N) is 1. The first-order valence-corrected chi connectivity index (χ1v) is 13.0. The fourth-order valence-electron chi connectivity index (χ4n) is 5.31. The number of imidazole rings is 1. The lowest BCUT2D eigenvalue weighted by atomic mass is 9.93. The van der Waals surface area contributed by atoms with E-state index in [1.165, 1.54) is 5.56 Å². The Balaban J connectivity index is 1.31. The topological polar surface area (TPSA) is 81.3 Å². The maximum Gasteiger partial charge on any atom is 0.179 e. The van der Waals surface area contributed by atoms with E-state index in [1.54, 1.807) is 37.4 Å². The number of hydrogen-bond acceptors (Lipinski definition) is 5. The third-order valence-electron chi connectivity index (χ3n) is 7.38. The van der Waals surface area contributed by atoms with Gasteiger partial charge in [-0.2, -0.15) is 0 Å². The highest BCUT2D eigenvalue weighted by atomic mass is 16.5. The second-order valence-electron chi connectivity index (χ2n) is 9.92. The van der Waals surface area contributed by atoms with Crippen LogP contribution in [0, 0.1) is 0 Å². The van der Waals surface area contributed by atoms with Gasteiger partial charge in [-0.1, -0.05) is 73.7 Å². The highest BCUT2D eigenvalue weighted by molar-refractivity contribution is 6.30. The normalized spacial score (nSPS) is 15.4. The average Bonchev–Trinajstić information content (AvgIpc) is 3.50. The SMILES string of the molecule is COc1ccc(C2C(=O)c3ccc(OCc4ccccc4)cc3C2=O)c2[nH]c(CC(C)c3ccccc3)nc12. The van der Waals surface area contributed by atoms with Crippen LogP contribution in [0.5, 0.6) is 11.5 Å². The number of Topliss-reactive ketones (excluding diaryl/α,β-unsaturated/α-hetero) is 2. The first-order valence-electron chi connectivity index (χ1n) is 13.0. The zero-order chi connectivity index (χ0) is 26.9. The number of hydrogen-bond donors (Lipinski definition) is 1. The van der Waals surface area contributed by atoms with E-state index in [9.17, 15) is 9.59 Å². The number of carbonyl (C=O) groups excluding carboxylic acids is 2. The summed E-state index contributed by atoms with van der Waals surface area (Å²) in [6.07, 6.45) is 0.677. The molecule has 6 rings (SSSR count). The lowest BCUT2D eigenvalue weighted by Gasteiger charge is -2.10. The van der Waals surface area contributed by atoms with Crippen molar-refractivity contribution in [1.29, 1.82) is 0 Å². The second-order valence-corrected chi connectivity index (χ2v) is 9.92. The molecule has 0 bridgehead atoms. The van der Waals surface area contributed by atoms with E-state index in [0.29, 0.717) is 52.3 Å². The van der Waals surface area contributed by atoms with Crippen LogP contribution in [0.2, 0.25) is 0 Å². The maximum atomic E-state index is 13.7. The van der Waals surface area contributed by atoms with Crippen molar-refractivity contribution in [2.75, 3.05) is 7.11 Å². The monoisotopic (exact) mass is 516 g/mol. The minimum atomic E-state index is -0.947. The maximum absolute atomic E-state index is 13.7. The first kappa shape index (κ1) is 24.6. The van der Waals surface area contributed by atoms with Crippen molar-refractivity contribution in [1.82, 2.24) is 9.97 Å². The highest BCUT2D eigenvalue weighted by Crippen LogP contribution is 2.40. The second kappa shape index (κ2) is 10.2. The van der Waals surface area contributed by atoms with Gasteiger partial charge in [0.15, 0.2) is 11.6 Å². The first-order chi connectivity index (χ1) is 19.0. The van der Waals surface area contributed by atoms with Crippen LogP contribution in [0.25, 0.3) is 11.0 Å². The Morgan fingerprint density at radius 1 is 0.872 bits per heavy atom. The van der Waals surface area contributed by atoms with Crippen LogP contribution in [-0.4, -0.2) is 28.6 Å². The number of methoxy groups -OCH3 is 1. The minimum absolute atomic E-state index is 0.218. The summed E-state index contributed by atoms with van der Waals surface area (Å²) in [5.74, 6) is 0.755. The summed E-state index contributed by atoms with van der Waals surface area (Å²) in [7, 11) is 1.59. The van der Waals surface area contributed by atoms with Gasteiger partial charge in [0.2, 0.25) is 0 Å². The molecule has 1 heterocycles. The molecule has 0 radical (unpaired) electrons. The Bertz CT molecular complexity index is 1670. The van der Waals surface area contributed by atoms with Crippen LogP contribution in [0.1, 0.15) is 62.0 Å². The molecule has 1 N–H and O–H groups in total. The molecule has 2 atom stereocenters. The fourth-order valence-corrected chi connectivity index (χ4v) is 5.31. The Hall–Kier alpha value is -4.71. The van der Waals surface area contributed by atoms with E-state index in [4.69, 9.17) is 14.5 Å². The molecule has 1 aliphatic carbocycles. The van der Waals surface area contributed by atoms with E-state index < -0.39 is 5.92 Å². The summed E-state index contributed by atoms with van der Waals surface area (Å²) in [5.41, 5.74) is 4.92. The van der Waals surface area contributed by atoms with Crippen LogP contribution in [0.15, 0.2) is 91.0 Å². The van der Waals surface area contributed by atoms with Gasteiger partial charge in [-0.05, 0) is 46.9 Å². The predicted molar refractivity (Wildman–Crippen MR) is 150 cm³/mol. The standard InChI is InChI=1S/C33H28N2O4/c1-20(22-11-7-4-8-12-22)17-28-34-30-25(15-16-27(38-2)31(30)35-28)29-32(36)24-14-13-23(18-26(24)33(29)37)39-19-21-9-5-3-6-10-21/h3-16,18,20,29H,17,19H2,1-2H3,(H,34,35). The van der Waals surface area contributed by atoms with Gasteiger partial charge in [-0.25, -0.2) is 4.98 Å². The van der Waals surface area contributed by atoms with Crippen molar-refractivity contribution in [2.45, 2.75) is 31.8 Å². The van der Waals surface area contributed by atoms with Crippen molar-refractivity contribution in [3.05, 3.63) is 125 Å². The molecule has 0 amide bonds.